The Morgan fingerprint density at radius 2 is 2.00 bits per heavy atom. The van der Waals surface area contributed by atoms with E-state index in [0.717, 1.165) is 12.4 Å². The maximum Gasteiger partial charge on any atom is 0.151 e. The summed E-state index contributed by atoms with van der Waals surface area (Å²) in [5.41, 5.74) is 2.41. The molecule has 0 bridgehead atoms. The first-order valence-corrected chi connectivity index (χ1v) is 6.39. The van der Waals surface area contributed by atoms with Gasteiger partial charge in [0.25, 0.3) is 0 Å². The molecule has 1 fully saturated rings. The highest BCUT2D eigenvalue weighted by Crippen LogP contribution is 2.31. The lowest BCUT2D eigenvalue weighted by molar-refractivity contribution is 0.434. The van der Waals surface area contributed by atoms with E-state index in [1.54, 1.807) is 0 Å². The Morgan fingerprint density at radius 3 is 2.62 bits per heavy atom. The molecule has 1 heterocycles. The van der Waals surface area contributed by atoms with Crippen molar-refractivity contribution in [3.05, 3.63) is 17.3 Å². The number of nitrogens with zero attached hydrogens (tertiary/aromatic N) is 2. The van der Waals surface area contributed by atoms with Gasteiger partial charge < -0.3 is 5.32 Å². The van der Waals surface area contributed by atoms with E-state index >= 15 is 0 Å². The van der Waals surface area contributed by atoms with Crippen LogP contribution in [0.25, 0.3) is 0 Å². The van der Waals surface area contributed by atoms with Crippen LogP contribution in [-0.2, 0) is 0 Å². The van der Waals surface area contributed by atoms with Crippen molar-refractivity contribution in [1.82, 2.24) is 10.2 Å². The molecule has 0 aromatic carbocycles. The van der Waals surface area contributed by atoms with Crippen LogP contribution in [0.1, 0.15) is 56.2 Å². The molecular weight excluding hydrogens is 198 g/mol. The van der Waals surface area contributed by atoms with E-state index in [1.807, 2.05) is 0 Å². The first-order chi connectivity index (χ1) is 7.81. The van der Waals surface area contributed by atoms with Gasteiger partial charge in [0, 0.05) is 12.5 Å². The monoisotopic (exact) mass is 219 g/mol. The largest absolute Gasteiger partial charge is 0.369 e. The van der Waals surface area contributed by atoms with Gasteiger partial charge in [-0.05, 0) is 38.3 Å². The van der Waals surface area contributed by atoms with Crippen molar-refractivity contribution < 1.29 is 0 Å². The maximum absolute atomic E-state index is 4.37. The SMILES string of the molecule is CCNc1nnc(C2CCCCC2)cc1C. The highest BCUT2D eigenvalue weighted by Gasteiger charge is 2.17. The Hall–Kier alpha value is -1.12. The summed E-state index contributed by atoms with van der Waals surface area (Å²) >= 11 is 0. The van der Waals surface area contributed by atoms with Gasteiger partial charge in [0.05, 0.1) is 5.69 Å². The zero-order valence-electron chi connectivity index (χ0n) is 10.3. The van der Waals surface area contributed by atoms with Gasteiger partial charge >= 0.3 is 0 Å². The summed E-state index contributed by atoms with van der Waals surface area (Å²) in [5, 5.41) is 11.9. The quantitative estimate of drug-likeness (QED) is 0.848. The van der Waals surface area contributed by atoms with E-state index in [1.165, 1.54) is 43.4 Å². The molecule has 0 radical (unpaired) electrons. The van der Waals surface area contributed by atoms with Gasteiger partial charge in [-0.15, -0.1) is 5.10 Å². The Kier molecular flexibility index (Phi) is 3.75. The molecule has 0 amide bonds. The van der Waals surface area contributed by atoms with Crippen molar-refractivity contribution in [2.24, 2.45) is 0 Å². The van der Waals surface area contributed by atoms with Crippen LogP contribution in [0.15, 0.2) is 6.07 Å². The lowest BCUT2D eigenvalue weighted by Gasteiger charge is -2.21. The Morgan fingerprint density at radius 1 is 1.25 bits per heavy atom. The predicted octanol–water partition coefficient (Wildman–Crippen LogP) is 3.26. The maximum atomic E-state index is 4.37. The summed E-state index contributed by atoms with van der Waals surface area (Å²) in [7, 11) is 0. The van der Waals surface area contributed by atoms with Crippen LogP contribution in [0.4, 0.5) is 5.82 Å². The first kappa shape index (κ1) is 11.4. The highest BCUT2D eigenvalue weighted by atomic mass is 15.2. The van der Waals surface area contributed by atoms with Gasteiger partial charge in [0.2, 0.25) is 0 Å². The summed E-state index contributed by atoms with van der Waals surface area (Å²) in [4.78, 5) is 0. The molecule has 0 unspecified atom stereocenters. The molecule has 88 valence electrons. The Labute approximate surface area is 97.7 Å². The molecule has 2 rings (SSSR count). The summed E-state index contributed by atoms with van der Waals surface area (Å²) in [5.74, 6) is 1.58. The fourth-order valence-corrected chi connectivity index (χ4v) is 2.45. The van der Waals surface area contributed by atoms with Crippen LogP contribution in [0.3, 0.4) is 0 Å². The molecule has 0 spiro atoms. The summed E-state index contributed by atoms with van der Waals surface area (Å²) in [6, 6.07) is 2.21. The van der Waals surface area contributed by atoms with E-state index in [4.69, 9.17) is 0 Å². The van der Waals surface area contributed by atoms with Crippen LogP contribution < -0.4 is 5.32 Å². The number of nitrogens with one attached hydrogen (secondary N) is 1. The van der Waals surface area contributed by atoms with Crippen LogP contribution >= 0.6 is 0 Å². The third kappa shape index (κ3) is 2.52. The van der Waals surface area contributed by atoms with Crippen molar-refractivity contribution in [1.29, 1.82) is 0 Å². The van der Waals surface area contributed by atoms with Gasteiger partial charge in [0.15, 0.2) is 5.82 Å². The minimum atomic E-state index is 0.649. The lowest BCUT2D eigenvalue weighted by atomic mass is 9.86. The zero-order valence-corrected chi connectivity index (χ0v) is 10.3. The molecule has 1 aliphatic carbocycles. The minimum Gasteiger partial charge on any atom is -0.369 e. The fraction of sp³-hybridized carbons (Fsp3) is 0.692. The molecule has 1 saturated carbocycles. The molecule has 0 saturated heterocycles. The van der Waals surface area contributed by atoms with Crippen molar-refractivity contribution in [3.8, 4) is 0 Å². The first-order valence-electron chi connectivity index (χ1n) is 6.39. The third-order valence-electron chi connectivity index (χ3n) is 3.37. The molecule has 1 aliphatic rings. The summed E-state index contributed by atoms with van der Waals surface area (Å²) in [6.07, 6.45) is 6.66. The van der Waals surface area contributed by atoms with E-state index < -0.39 is 0 Å². The smallest absolute Gasteiger partial charge is 0.151 e. The van der Waals surface area contributed by atoms with Crippen molar-refractivity contribution in [2.75, 3.05) is 11.9 Å². The van der Waals surface area contributed by atoms with Gasteiger partial charge in [-0.2, -0.15) is 5.10 Å². The molecule has 0 atom stereocenters. The normalized spacial score (nSPS) is 17.4. The van der Waals surface area contributed by atoms with Gasteiger partial charge in [-0.25, -0.2) is 0 Å². The molecule has 0 aliphatic heterocycles. The average Bonchev–Trinajstić information content (AvgIpc) is 2.33. The van der Waals surface area contributed by atoms with Gasteiger partial charge in [-0.1, -0.05) is 19.3 Å². The molecular formula is C13H21N3. The second-order valence-corrected chi connectivity index (χ2v) is 4.67. The molecule has 1 N–H and O–H groups in total. The fourth-order valence-electron chi connectivity index (χ4n) is 2.45. The number of aromatic nitrogens is 2. The van der Waals surface area contributed by atoms with Gasteiger partial charge in [0.1, 0.15) is 0 Å². The number of aryl methyl sites for hydroxylation is 1. The predicted molar refractivity (Wildman–Crippen MR) is 66.8 cm³/mol. The van der Waals surface area contributed by atoms with Crippen LogP contribution in [0, 0.1) is 6.92 Å². The standard InChI is InChI=1S/C13H21N3/c1-3-14-13-10(2)9-12(15-16-13)11-7-5-4-6-8-11/h9,11H,3-8H2,1-2H3,(H,14,16). The van der Waals surface area contributed by atoms with Crippen molar-refractivity contribution >= 4 is 5.82 Å². The lowest BCUT2D eigenvalue weighted by Crippen LogP contribution is -2.10. The zero-order chi connectivity index (χ0) is 11.4. The van der Waals surface area contributed by atoms with Crippen molar-refractivity contribution in [2.45, 2.75) is 51.9 Å². The summed E-state index contributed by atoms with van der Waals surface area (Å²) in [6.45, 7) is 5.09. The second-order valence-electron chi connectivity index (χ2n) is 4.67. The van der Waals surface area contributed by atoms with E-state index in [-0.39, 0.29) is 0 Å². The van der Waals surface area contributed by atoms with Crippen LogP contribution in [0.5, 0.6) is 0 Å². The Bertz CT molecular complexity index is 343. The number of rotatable bonds is 3. The minimum absolute atomic E-state index is 0.649. The van der Waals surface area contributed by atoms with Gasteiger partial charge in [-0.3, -0.25) is 0 Å². The number of hydrogen-bond acceptors (Lipinski definition) is 3. The van der Waals surface area contributed by atoms with Crippen LogP contribution in [-0.4, -0.2) is 16.7 Å². The Balaban J connectivity index is 2.13. The molecule has 3 heteroatoms. The second kappa shape index (κ2) is 5.28. The average molecular weight is 219 g/mol. The molecule has 3 nitrogen and oxygen atoms in total. The molecule has 16 heavy (non-hydrogen) atoms. The summed E-state index contributed by atoms with van der Waals surface area (Å²) < 4.78 is 0. The van der Waals surface area contributed by atoms with E-state index in [2.05, 4.69) is 35.4 Å². The van der Waals surface area contributed by atoms with Crippen LogP contribution in [0.2, 0.25) is 0 Å². The number of hydrogen-bond donors (Lipinski definition) is 1. The highest BCUT2D eigenvalue weighted by molar-refractivity contribution is 5.42. The number of anilines is 1. The van der Waals surface area contributed by atoms with Crippen molar-refractivity contribution in [3.63, 3.8) is 0 Å². The third-order valence-corrected chi connectivity index (χ3v) is 3.37. The van der Waals surface area contributed by atoms with E-state index in [0.29, 0.717) is 5.92 Å². The topological polar surface area (TPSA) is 37.8 Å². The molecule has 1 aromatic rings. The molecule has 1 aromatic heterocycles. The van der Waals surface area contributed by atoms with E-state index in [9.17, 15) is 0 Å².